The van der Waals surface area contributed by atoms with Crippen molar-refractivity contribution < 1.29 is 28.3 Å². The number of carbonyl (C=O) groups is 4. The highest BCUT2D eigenvalue weighted by atomic mass is 19.1. The molecule has 4 atom stereocenters. The Morgan fingerprint density at radius 3 is 2.23 bits per heavy atom. The molecule has 0 N–H and O–H groups in total. The van der Waals surface area contributed by atoms with E-state index in [0.717, 1.165) is 18.6 Å². The number of fused-ring (bicyclic) bond motifs is 5. The lowest BCUT2D eigenvalue weighted by Crippen LogP contribution is -2.33. The SMILES string of the molecule is O=C(COC(=O)c1cccc(N2C(=O)C3C4C=CC(C4)C3C2=O)c1)c1ccc(F)cc1. The zero-order chi connectivity index (χ0) is 21.7. The molecule has 4 unspecified atom stereocenters. The number of amides is 2. The monoisotopic (exact) mass is 419 g/mol. The fourth-order valence-corrected chi connectivity index (χ4v) is 4.86. The molecule has 31 heavy (non-hydrogen) atoms. The summed E-state index contributed by atoms with van der Waals surface area (Å²) in [5.41, 5.74) is 0.678. The molecule has 1 heterocycles. The zero-order valence-electron chi connectivity index (χ0n) is 16.4. The number of imide groups is 1. The Morgan fingerprint density at radius 2 is 1.58 bits per heavy atom. The molecule has 6 nitrogen and oxygen atoms in total. The summed E-state index contributed by atoms with van der Waals surface area (Å²) >= 11 is 0. The van der Waals surface area contributed by atoms with Gasteiger partial charge in [0.1, 0.15) is 5.82 Å². The van der Waals surface area contributed by atoms with Gasteiger partial charge in [0, 0.05) is 5.56 Å². The number of ketones is 1. The molecular weight excluding hydrogens is 401 g/mol. The summed E-state index contributed by atoms with van der Waals surface area (Å²) in [5.74, 6) is -2.61. The summed E-state index contributed by atoms with van der Waals surface area (Å²) in [5, 5.41) is 0. The largest absolute Gasteiger partial charge is 0.454 e. The number of esters is 1. The molecule has 1 saturated heterocycles. The number of halogens is 1. The van der Waals surface area contributed by atoms with Gasteiger partial charge in [-0.1, -0.05) is 18.2 Å². The second-order valence-corrected chi connectivity index (χ2v) is 8.07. The van der Waals surface area contributed by atoms with Crippen molar-refractivity contribution in [2.24, 2.45) is 23.7 Å². The molecule has 0 radical (unpaired) electrons. The van der Waals surface area contributed by atoms with Crippen molar-refractivity contribution in [3.05, 3.63) is 77.6 Å². The summed E-state index contributed by atoms with van der Waals surface area (Å²) in [6.45, 7) is -0.505. The number of benzene rings is 2. The van der Waals surface area contributed by atoms with E-state index in [2.05, 4.69) is 0 Å². The maximum atomic E-state index is 13.0. The van der Waals surface area contributed by atoms with Crippen LogP contribution < -0.4 is 4.90 Å². The van der Waals surface area contributed by atoms with Crippen LogP contribution in [0.1, 0.15) is 27.1 Å². The Morgan fingerprint density at radius 1 is 0.935 bits per heavy atom. The Bertz CT molecular complexity index is 1110. The summed E-state index contributed by atoms with van der Waals surface area (Å²) in [7, 11) is 0. The molecule has 3 aliphatic rings. The van der Waals surface area contributed by atoms with Crippen LogP contribution in [0.5, 0.6) is 0 Å². The lowest BCUT2D eigenvalue weighted by Gasteiger charge is -2.18. The molecule has 2 bridgehead atoms. The normalized spacial score (nSPS) is 25.8. The fraction of sp³-hybridized carbons (Fsp3) is 0.250. The first-order valence-electron chi connectivity index (χ1n) is 10.1. The summed E-state index contributed by atoms with van der Waals surface area (Å²) in [6.07, 6.45) is 4.88. The number of ether oxygens (including phenoxy) is 1. The molecule has 2 aromatic carbocycles. The first-order valence-corrected chi connectivity index (χ1v) is 10.1. The lowest BCUT2D eigenvalue weighted by atomic mass is 9.85. The van der Waals surface area contributed by atoms with Crippen molar-refractivity contribution in [3.63, 3.8) is 0 Å². The van der Waals surface area contributed by atoms with Gasteiger partial charge >= 0.3 is 5.97 Å². The second-order valence-electron chi connectivity index (χ2n) is 8.07. The molecule has 1 saturated carbocycles. The van der Waals surface area contributed by atoms with E-state index in [-0.39, 0.29) is 46.6 Å². The number of anilines is 1. The van der Waals surface area contributed by atoms with Crippen molar-refractivity contribution in [1.29, 1.82) is 0 Å². The topological polar surface area (TPSA) is 80.8 Å². The molecule has 0 aromatic heterocycles. The standard InChI is InChI=1S/C24H18FNO5/c25-17-8-6-13(7-9-17)19(27)12-31-24(30)16-2-1-3-18(11-16)26-22(28)20-14-4-5-15(10-14)21(20)23(26)29/h1-9,11,14-15,20-21H,10,12H2. The van der Waals surface area contributed by atoms with E-state index in [1.54, 1.807) is 12.1 Å². The smallest absolute Gasteiger partial charge is 0.338 e. The van der Waals surface area contributed by atoms with Crippen molar-refractivity contribution >= 4 is 29.3 Å². The highest BCUT2D eigenvalue weighted by molar-refractivity contribution is 6.23. The molecule has 7 heteroatoms. The van der Waals surface area contributed by atoms with Crippen molar-refractivity contribution in [2.75, 3.05) is 11.5 Å². The lowest BCUT2D eigenvalue weighted by molar-refractivity contribution is -0.123. The van der Waals surface area contributed by atoms with Gasteiger partial charge < -0.3 is 4.74 Å². The molecule has 156 valence electrons. The Labute approximate surface area is 177 Å². The van der Waals surface area contributed by atoms with Crippen molar-refractivity contribution in [2.45, 2.75) is 6.42 Å². The van der Waals surface area contributed by atoms with Gasteiger partial charge in [-0.05, 0) is 60.7 Å². The third-order valence-corrected chi connectivity index (χ3v) is 6.31. The molecular formula is C24H18FNO5. The minimum atomic E-state index is -0.752. The molecule has 0 spiro atoms. The van der Waals surface area contributed by atoms with Gasteiger partial charge in [0.25, 0.3) is 0 Å². The van der Waals surface area contributed by atoms with Gasteiger partial charge in [0.05, 0.1) is 23.1 Å². The van der Waals surface area contributed by atoms with E-state index < -0.39 is 24.2 Å². The number of hydrogen-bond donors (Lipinski definition) is 0. The minimum absolute atomic E-state index is 0.0991. The van der Waals surface area contributed by atoms with E-state index in [4.69, 9.17) is 4.74 Å². The van der Waals surface area contributed by atoms with Gasteiger partial charge in [-0.15, -0.1) is 0 Å². The number of rotatable bonds is 5. The van der Waals surface area contributed by atoms with Gasteiger partial charge in [0.15, 0.2) is 12.4 Å². The van der Waals surface area contributed by atoms with Crippen LogP contribution in [0.15, 0.2) is 60.7 Å². The molecule has 5 rings (SSSR count). The summed E-state index contributed by atoms with van der Waals surface area (Å²) in [6, 6.07) is 11.0. The Balaban J connectivity index is 1.30. The third-order valence-electron chi connectivity index (χ3n) is 6.31. The fourth-order valence-electron chi connectivity index (χ4n) is 4.86. The van der Waals surface area contributed by atoms with Crippen molar-refractivity contribution in [3.8, 4) is 0 Å². The van der Waals surface area contributed by atoms with Gasteiger partial charge in [-0.2, -0.15) is 0 Å². The van der Waals surface area contributed by atoms with Crippen LogP contribution in [0.2, 0.25) is 0 Å². The number of hydrogen-bond acceptors (Lipinski definition) is 5. The van der Waals surface area contributed by atoms with Crippen LogP contribution in [0.4, 0.5) is 10.1 Å². The van der Waals surface area contributed by atoms with Gasteiger partial charge in [-0.3, -0.25) is 14.4 Å². The van der Waals surface area contributed by atoms with E-state index in [0.29, 0.717) is 5.69 Å². The minimum Gasteiger partial charge on any atom is -0.454 e. The van der Waals surface area contributed by atoms with Crippen molar-refractivity contribution in [1.82, 2.24) is 0 Å². The predicted octanol–water partition coefficient (Wildman–Crippen LogP) is 3.18. The number of nitrogens with zero attached hydrogens (tertiary/aromatic N) is 1. The zero-order valence-corrected chi connectivity index (χ0v) is 16.4. The predicted molar refractivity (Wildman–Crippen MR) is 108 cm³/mol. The van der Waals surface area contributed by atoms with E-state index in [9.17, 15) is 23.6 Å². The van der Waals surface area contributed by atoms with Crippen LogP contribution in [-0.2, 0) is 14.3 Å². The average Bonchev–Trinajstić information content (AvgIpc) is 3.46. The van der Waals surface area contributed by atoms with Crippen LogP contribution >= 0.6 is 0 Å². The first-order chi connectivity index (χ1) is 14.9. The molecule has 2 aromatic rings. The first kappa shape index (κ1) is 19.4. The quantitative estimate of drug-likeness (QED) is 0.322. The highest BCUT2D eigenvalue weighted by Crippen LogP contribution is 2.53. The maximum absolute atomic E-state index is 13.0. The third kappa shape index (κ3) is 3.17. The average molecular weight is 419 g/mol. The second kappa shape index (κ2) is 7.27. The van der Waals surface area contributed by atoms with Gasteiger partial charge in [-0.25, -0.2) is 14.1 Å². The van der Waals surface area contributed by atoms with E-state index in [1.165, 1.54) is 29.2 Å². The van der Waals surface area contributed by atoms with E-state index >= 15 is 0 Å². The Kier molecular flexibility index (Phi) is 4.54. The number of allylic oxidation sites excluding steroid dienone is 2. The van der Waals surface area contributed by atoms with Gasteiger partial charge in [0.2, 0.25) is 11.8 Å². The molecule has 2 aliphatic carbocycles. The molecule has 2 amide bonds. The highest BCUT2D eigenvalue weighted by Gasteiger charge is 2.59. The maximum Gasteiger partial charge on any atom is 0.338 e. The molecule has 1 aliphatic heterocycles. The van der Waals surface area contributed by atoms with Crippen LogP contribution in [-0.4, -0.2) is 30.2 Å². The molecule has 2 fully saturated rings. The Hall–Kier alpha value is -3.61. The van der Waals surface area contributed by atoms with E-state index in [1.807, 2.05) is 12.2 Å². The number of carbonyl (C=O) groups excluding carboxylic acids is 4. The number of Topliss-reactive ketones (excluding diaryl/α,β-unsaturated/α-hetero) is 1. The summed E-state index contributed by atoms with van der Waals surface area (Å²) in [4.78, 5) is 51.6. The van der Waals surface area contributed by atoms with Crippen LogP contribution in [0.3, 0.4) is 0 Å². The van der Waals surface area contributed by atoms with Crippen LogP contribution in [0, 0.1) is 29.5 Å². The van der Waals surface area contributed by atoms with Crippen LogP contribution in [0.25, 0.3) is 0 Å². The summed E-state index contributed by atoms with van der Waals surface area (Å²) < 4.78 is 18.1.